The number of aryl methyl sites for hydroxylation is 1. The summed E-state index contributed by atoms with van der Waals surface area (Å²) in [5, 5.41) is 4.05. The highest BCUT2D eigenvalue weighted by Crippen LogP contribution is 2.59. The molecule has 6 rings (SSSR count). The van der Waals surface area contributed by atoms with E-state index in [1.807, 2.05) is 43.0 Å². The first-order valence-electron chi connectivity index (χ1n) is 16.7. The Morgan fingerprint density at radius 2 is 1.85 bits per heavy atom. The number of unbranched alkanes of at least 4 members (excludes halogenated alkanes) is 1. The van der Waals surface area contributed by atoms with Crippen molar-refractivity contribution in [2.24, 2.45) is 16.8 Å². The molecule has 0 N–H and O–H groups in total. The smallest absolute Gasteiger partial charge is 0.268 e. The lowest BCUT2D eigenvalue weighted by Gasteiger charge is -2.25. The zero-order chi connectivity index (χ0) is 33.5. The van der Waals surface area contributed by atoms with Crippen LogP contribution in [0.2, 0.25) is 0 Å². The van der Waals surface area contributed by atoms with Crippen LogP contribution < -0.4 is 4.31 Å². The normalized spacial score (nSPS) is 22.0. The molecule has 252 valence electrons. The van der Waals surface area contributed by atoms with Crippen molar-refractivity contribution in [3.8, 4) is 11.1 Å². The molecular formula is C36H46N4O6S. The molecule has 0 radical (unpaired) electrons. The number of ether oxygens (including phenoxy) is 2. The summed E-state index contributed by atoms with van der Waals surface area (Å²) in [6.07, 6.45) is 5.73. The van der Waals surface area contributed by atoms with E-state index in [1.165, 1.54) is 13.5 Å². The number of anilines is 1. The van der Waals surface area contributed by atoms with Gasteiger partial charge in [0.2, 0.25) is 0 Å². The third kappa shape index (κ3) is 6.37. The molecule has 2 saturated carbocycles. The van der Waals surface area contributed by atoms with Gasteiger partial charge in [-0.1, -0.05) is 54.9 Å². The molecule has 0 bridgehead atoms. The molecule has 11 heteroatoms. The van der Waals surface area contributed by atoms with Crippen LogP contribution in [0.4, 0.5) is 5.82 Å². The second-order valence-electron chi connectivity index (χ2n) is 13.5. The van der Waals surface area contributed by atoms with E-state index in [0.29, 0.717) is 35.3 Å². The molecule has 3 aromatic rings. The first-order valence-corrected chi connectivity index (χ1v) is 18.1. The van der Waals surface area contributed by atoms with Crippen LogP contribution in [-0.2, 0) is 37.4 Å². The van der Waals surface area contributed by atoms with Gasteiger partial charge in [0, 0.05) is 24.7 Å². The van der Waals surface area contributed by atoms with Crippen molar-refractivity contribution in [3.63, 3.8) is 0 Å². The maximum atomic E-state index is 14.3. The molecular weight excluding hydrogens is 616 g/mol. The zero-order valence-corrected chi connectivity index (χ0v) is 29.1. The van der Waals surface area contributed by atoms with E-state index in [0.717, 1.165) is 58.9 Å². The van der Waals surface area contributed by atoms with Gasteiger partial charge in [0.25, 0.3) is 15.9 Å². The van der Waals surface area contributed by atoms with Crippen LogP contribution in [-0.4, -0.2) is 55.7 Å². The molecule has 3 aliphatic rings. The van der Waals surface area contributed by atoms with Crippen LogP contribution >= 0.6 is 0 Å². The van der Waals surface area contributed by atoms with Crippen LogP contribution in [0.3, 0.4) is 0 Å². The Morgan fingerprint density at radius 3 is 2.51 bits per heavy atom. The quantitative estimate of drug-likeness (QED) is 0.175. The number of rotatable bonds is 14. The Kier molecular flexibility index (Phi) is 9.34. The summed E-state index contributed by atoms with van der Waals surface area (Å²) in [6.45, 7) is 10.1. The van der Waals surface area contributed by atoms with Gasteiger partial charge in [-0.25, -0.2) is 12.7 Å². The topological polar surface area (TPSA) is 115 Å². The number of amides is 1. The average molecular weight is 663 g/mol. The van der Waals surface area contributed by atoms with E-state index >= 15 is 0 Å². The minimum Gasteiger partial charge on any atom is -0.374 e. The van der Waals surface area contributed by atoms with Crippen molar-refractivity contribution in [3.05, 3.63) is 64.9 Å². The number of aliphatic imine (C=N–C) groups is 1. The number of nitrogens with zero attached hydrogens (tertiary/aromatic N) is 4. The van der Waals surface area contributed by atoms with Crippen LogP contribution in [0.1, 0.15) is 81.7 Å². The third-order valence-corrected chi connectivity index (χ3v) is 11.5. The zero-order valence-electron chi connectivity index (χ0n) is 28.3. The molecule has 2 aromatic carbocycles. The molecule has 2 fully saturated rings. The Morgan fingerprint density at radius 1 is 1.11 bits per heavy atom. The number of carbonyl (C=O) groups is 1. The van der Waals surface area contributed by atoms with Gasteiger partial charge in [-0.15, -0.1) is 0 Å². The fourth-order valence-electron chi connectivity index (χ4n) is 7.04. The Labute approximate surface area is 278 Å². The van der Waals surface area contributed by atoms with E-state index in [-0.39, 0.29) is 36.1 Å². The molecule has 2 aliphatic carbocycles. The first kappa shape index (κ1) is 33.4. The minimum atomic E-state index is -4.14. The summed E-state index contributed by atoms with van der Waals surface area (Å²) in [4.78, 5) is 21.1. The van der Waals surface area contributed by atoms with Crippen LogP contribution in [0.15, 0.2) is 56.9 Å². The predicted octanol–water partition coefficient (Wildman–Crippen LogP) is 6.78. The van der Waals surface area contributed by atoms with Gasteiger partial charge in [0.1, 0.15) is 23.9 Å². The van der Waals surface area contributed by atoms with Gasteiger partial charge >= 0.3 is 0 Å². The monoisotopic (exact) mass is 662 g/mol. The lowest BCUT2D eigenvalue weighted by atomic mass is 9.93. The van der Waals surface area contributed by atoms with E-state index in [4.69, 9.17) is 19.0 Å². The Hall–Kier alpha value is -3.54. The van der Waals surface area contributed by atoms with Crippen LogP contribution in [0.25, 0.3) is 11.1 Å². The van der Waals surface area contributed by atoms with Gasteiger partial charge in [-0.05, 0) is 88.0 Å². The number of fused-ring (bicyclic) bond motifs is 1. The summed E-state index contributed by atoms with van der Waals surface area (Å²) in [7, 11) is -2.70. The van der Waals surface area contributed by atoms with Crippen molar-refractivity contribution in [2.45, 2.75) is 103 Å². The maximum absolute atomic E-state index is 14.3. The number of amidine groups is 1. The second kappa shape index (κ2) is 13.2. The SMILES string of the molecule is CCCCC1=NC2(CC3CC3C2)C(=O)N1Cc1ccc(-c2ccccc2S(=O)(=O)N(COC)c2noc(C)c2C)c(COC(C)C)c1. The van der Waals surface area contributed by atoms with Gasteiger partial charge in [-0.3, -0.25) is 14.7 Å². The number of sulfonamides is 1. The Balaban J connectivity index is 1.37. The summed E-state index contributed by atoms with van der Waals surface area (Å²) in [5.74, 6) is 3.03. The maximum Gasteiger partial charge on any atom is 0.268 e. The number of aromatic nitrogens is 1. The van der Waals surface area contributed by atoms with Gasteiger partial charge in [0.05, 0.1) is 24.2 Å². The fraction of sp³-hybridized carbons (Fsp3) is 0.528. The standard InChI is InChI=1S/C36H46N4O6S/c1-7-8-13-33-37-36(18-27-17-28(27)19-36)35(41)39(33)20-26-14-15-30(29(16-26)21-45-23(2)3)31-11-9-10-12-32(31)47(42,43)40(22-44-6)34-24(4)25(5)46-38-34/h9-12,14-16,23,27-28H,7-8,13,17-22H2,1-6H3. The summed E-state index contributed by atoms with van der Waals surface area (Å²) < 4.78 is 46.6. The highest BCUT2D eigenvalue weighted by molar-refractivity contribution is 7.93. The highest BCUT2D eigenvalue weighted by atomic mass is 32.2. The van der Waals surface area contributed by atoms with Crippen molar-refractivity contribution in [2.75, 3.05) is 18.1 Å². The van der Waals surface area contributed by atoms with E-state index < -0.39 is 15.6 Å². The van der Waals surface area contributed by atoms with E-state index in [9.17, 15) is 13.2 Å². The number of benzene rings is 2. The number of hydrogen-bond donors (Lipinski definition) is 0. The molecule has 1 aliphatic heterocycles. The minimum absolute atomic E-state index is 0.0392. The average Bonchev–Trinajstić information content (AvgIpc) is 3.43. The van der Waals surface area contributed by atoms with Crippen molar-refractivity contribution < 1.29 is 27.2 Å². The van der Waals surface area contributed by atoms with Gasteiger partial charge in [0.15, 0.2) is 5.82 Å². The van der Waals surface area contributed by atoms with Crippen LogP contribution in [0.5, 0.6) is 0 Å². The third-order valence-electron chi connectivity index (χ3n) is 9.76. The predicted molar refractivity (Wildman–Crippen MR) is 180 cm³/mol. The van der Waals surface area contributed by atoms with E-state index in [1.54, 1.807) is 32.0 Å². The molecule has 10 nitrogen and oxygen atoms in total. The highest BCUT2D eigenvalue weighted by Gasteiger charge is 2.61. The van der Waals surface area contributed by atoms with Crippen molar-refractivity contribution in [1.29, 1.82) is 0 Å². The summed E-state index contributed by atoms with van der Waals surface area (Å²) >= 11 is 0. The molecule has 0 saturated heterocycles. The second-order valence-corrected chi connectivity index (χ2v) is 15.4. The van der Waals surface area contributed by atoms with Gasteiger partial charge in [-0.2, -0.15) is 0 Å². The molecule has 47 heavy (non-hydrogen) atoms. The molecule has 2 unspecified atom stereocenters. The molecule has 2 heterocycles. The van der Waals surface area contributed by atoms with Crippen LogP contribution in [0, 0.1) is 25.7 Å². The Bertz CT molecular complexity index is 1770. The lowest BCUT2D eigenvalue weighted by molar-refractivity contribution is -0.131. The van der Waals surface area contributed by atoms with E-state index in [2.05, 4.69) is 12.1 Å². The molecule has 1 aromatic heterocycles. The first-order chi connectivity index (χ1) is 22.5. The number of hydrogen-bond acceptors (Lipinski definition) is 8. The summed E-state index contributed by atoms with van der Waals surface area (Å²) in [5.41, 5.74) is 3.09. The summed E-state index contributed by atoms with van der Waals surface area (Å²) in [6, 6.07) is 12.9. The van der Waals surface area contributed by atoms with Crippen molar-refractivity contribution >= 4 is 27.6 Å². The largest absolute Gasteiger partial charge is 0.374 e. The molecule has 2 atom stereocenters. The number of methoxy groups -OCH3 is 1. The van der Waals surface area contributed by atoms with Crippen molar-refractivity contribution in [1.82, 2.24) is 10.1 Å². The fourth-order valence-corrected chi connectivity index (χ4v) is 8.63. The number of carbonyl (C=O) groups excluding carboxylic acids is 1. The molecule has 1 amide bonds. The molecule has 1 spiro atoms. The van der Waals surface area contributed by atoms with Gasteiger partial charge < -0.3 is 14.0 Å². The lowest BCUT2D eigenvalue weighted by Crippen LogP contribution is -2.41.